The number of hydrogen-bond donors (Lipinski definition) is 1. The predicted molar refractivity (Wildman–Crippen MR) is 75.7 cm³/mol. The lowest BCUT2D eigenvalue weighted by Gasteiger charge is -2.29. The molecule has 0 aromatic carbocycles. The molecule has 0 rings (SSSR count). The third kappa shape index (κ3) is 6.25. The minimum Gasteiger partial charge on any atom is -0.362 e. The van der Waals surface area contributed by atoms with Gasteiger partial charge in [0.05, 0.1) is 0 Å². The topological polar surface area (TPSA) is 15.3 Å². The quantitative estimate of drug-likeness (QED) is 0.727. The Morgan fingerprint density at radius 2 is 2.07 bits per heavy atom. The van der Waals surface area contributed by atoms with Crippen molar-refractivity contribution in [2.24, 2.45) is 5.92 Å². The van der Waals surface area contributed by atoms with Crippen molar-refractivity contribution in [2.45, 2.75) is 33.2 Å². The second kappa shape index (κ2) is 8.22. The summed E-state index contributed by atoms with van der Waals surface area (Å²) in [6, 6.07) is 0.548. The normalized spacial score (nSPS) is 12.7. The van der Waals surface area contributed by atoms with E-state index in [2.05, 4.69) is 44.3 Å². The number of nitrogens with one attached hydrogen (secondary N) is 1. The van der Waals surface area contributed by atoms with Crippen LogP contribution in [0.2, 0.25) is 0 Å². The second-order valence-electron chi connectivity index (χ2n) is 4.21. The number of rotatable bonds is 6. The molecule has 2 nitrogen and oxygen atoms in total. The van der Waals surface area contributed by atoms with Gasteiger partial charge in [-0.05, 0) is 30.8 Å². The minimum absolute atomic E-state index is 0.548. The zero-order chi connectivity index (χ0) is 11.8. The van der Waals surface area contributed by atoms with Gasteiger partial charge < -0.3 is 10.2 Å². The SMILES string of the molecule is CCC(CSC)N(C)C(=S)NCC(C)C. The summed E-state index contributed by atoms with van der Waals surface area (Å²) in [5.41, 5.74) is 0. The maximum Gasteiger partial charge on any atom is 0.168 e. The van der Waals surface area contributed by atoms with Gasteiger partial charge in [0.25, 0.3) is 0 Å². The molecule has 15 heavy (non-hydrogen) atoms. The third-order valence-electron chi connectivity index (χ3n) is 2.36. The number of hydrogen-bond acceptors (Lipinski definition) is 2. The molecule has 0 aliphatic rings. The van der Waals surface area contributed by atoms with E-state index in [4.69, 9.17) is 12.2 Å². The van der Waals surface area contributed by atoms with E-state index < -0.39 is 0 Å². The smallest absolute Gasteiger partial charge is 0.168 e. The van der Waals surface area contributed by atoms with Crippen molar-refractivity contribution in [1.29, 1.82) is 0 Å². The highest BCUT2D eigenvalue weighted by molar-refractivity contribution is 7.98. The van der Waals surface area contributed by atoms with E-state index in [9.17, 15) is 0 Å². The molecule has 0 aliphatic carbocycles. The van der Waals surface area contributed by atoms with Crippen LogP contribution in [0.5, 0.6) is 0 Å². The molecule has 0 radical (unpaired) electrons. The Morgan fingerprint density at radius 1 is 1.47 bits per heavy atom. The molecule has 0 aromatic rings. The Balaban J connectivity index is 4.04. The Labute approximate surface area is 104 Å². The van der Waals surface area contributed by atoms with Gasteiger partial charge in [-0.3, -0.25) is 0 Å². The molecular weight excluding hydrogens is 224 g/mol. The maximum atomic E-state index is 5.36. The molecule has 0 aromatic heterocycles. The molecule has 4 heteroatoms. The minimum atomic E-state index is 0.548. The van der Waals surface area contributed by atoms with E-state index in [0.717, 1.165) is 23.8 Å². The first-order chi connectivity index (χ1) is 7.02. The fourth-order valence-corrected chi connectivity index (χ4v) is 2.35. The van der Waals surface area contributed by atoms with Crippen LogP contribution < -0.4 is 5.32 Å². The average Bonchev–Trinajstić information content (AvgIpc) is 2.21. The van der Waals surface area contributed by atoms with Crippen molar-refractivity contribution in [1.82, 2.24) is 10.2 Å². The van der Waals surface area contributed by atoms with E-state index in [-0.39, 0.29) is 0 Å². The first kappa shape index (κ1) is 15.0. The summed E-state index contributed by atoms with van der Waals surface area (Å²) in [6.45, 7) is 7.55. The van der Waals surface area contributed by atoms with Crippen LogP contribution in [0.15, 0.2) is 0 Å². The summed E-state index contributed by atoms with van der Waals surface area (Å²) < 4.78 is 0. The van der Waals surface area contributed by atoms with Crippen molar-refractivity contribution >= 4 is 29.1 Å². The van der Waals surface area contributed by atoms with E-state index >= 15 is 0 Å². The molecule has 0 heterocycles. The zero-order valence-electron chi connectivity index (χ0n) is 10.5. The van der Waals surface area contributed by atoms with Gasteiger partial charge in [0.1, 0.15) is 0 Å². The first-order valence-electron chi connectivity index (χ1n) is 5.52. The highest BCUT2D eigenvalue weighted by Gasteiger charge is 2.14. The fourth-order valence-electron chi connectivity index (χ4n) is 1.28. The predicted octanol–water partition coefficient (Wildman–Crippen LogP) is 2.59. The highest BCUT2D eigenvalue weighted by atomic mass is 32.2. The van der Waals surface area contributed by atoms with Crippen LogP contribution in [0.4, 0.5) is 0 Å². The molecule has 0 bridgehead atoms. The number of nitrogens with zero attached hydrogens (tertiary/aromatic N) is 1. The van der Waals surface area contributed by atoms with Crippen molar-refractivity contribution in [3.8, 4) is 0 Å². The number of thiocarbonyl (C=S) groups is 1. The summed E-state index contributed by atoms with van der Waals surface area (Å²) in [4.78, 5) is 2.19. The van der Waals surface area contributed by atoms with Crippen LogP contribution in [0.1, 0.15) is 27.2 Å². The molecule has 1 unspecified atom stereocenters. The second-order valence-corrected chi connectivity index (χ2v) is 5.51. The highest BCUT2D eigenvalue weighted by Crippen LogP contribution is 2.08. The van der Waals surface area contributed by atoms with Crippen molar-refractivity contribution < 1.29 is 0 Å². The molecule has 90 valence electrons. The van der Waals surface area contributed by atoms with Crippen molar-refractivity contribution in [3.05, 3.63) is 0 Å². The largest absolute Gasteiger partial charge is 0.362 e. The van der Waals surface area contributed by atoms with E-state index in [1.807, 2.05) is 11.8 Å². The van der Waals surface area contributed by atoms with Gasteiger partial charge >= 0.3 is 0 Å². The summed E-state index contributed by atoms with van der Waals surface area (Å²) in [5.74, 6) is 1.77. The van der Waals surface area contributed by atoms with Crippen molar-refractivity contribution in [2.75, 3.05) is 25.6 Å². The van der Waals surface area contributed by atoms with E-state index in [0.29, 0.717) is 12.0 Å². The summed E-state index contributed by atoms with van der Waals surface area (Å²) in [7, 11) is 2.08. The van der Waals surface area contributed by atoms with Gasteiger partial charge in [0.2, 0.25) is 0 Å². The standard InChI is InChI=1S/C11H24N2S2/c1-6-10(8-15-5)13(4)11(14)12-7-9(2)3/h9-10H,6-8H2,1-5H3,(H,12,14). The van der Waals surface area contributed by atoms with Crippen LogP contribution in [-0.4, -0.2) is 41.7 Å². The molecule has 0 spiro atoms. The van der Waals surface area contributed by atoms with Gasteiger partial charge in [-0.1, -0.05) is 20.8 Å². The number of thioether (sulfide) groups is 1. The molecule has 1 atom stereocenters. The molecule has 1 N–H and O–H groups in total. The summed E-state index contributed by atoms with van der Waals surface area (Å²) in [5, 5.41) is 4.18. The molecular formula is C11H24N2S2. The summed E-state index contributed by atoms with van der Waals surface area (Å²) in [6.07, 6.45) is 3.28. The zero-order valence-corrected chi connectivity index (χ0v) is 12.2. The van der Waals surface area contributed by atoms with Gasteiger partial charge in [-0.15, -0.1) is 0 Å². The Bertz CT molecular complexity index is 183. The molecule has 0 saturated carbocycles. The van der Waals surface area contributed by atoms with E-state index in [1.165, 1.54) is 0 Å². The van der Waals surface area contributed by atoms with Crippen molar-refractivity contribution in [3.63, 3.8) is 0 Å². The molecule has 0 amide bonds. The van der Waals surface area contributed by atoms with Crippen LogP contribution in [0, 0.1) is 5.92 Å². The van der Waals surface area contributed by atoms with Crippen LogP contribution in [0.3, 0.4) is 0 Å². The van der Waals surface area contributed by atoms with Gasteiger partial charge in [0.15, 0.2) is 5.11 Å². The van der Waals surface area contributed by atoms with Gasteiger partial charge in [0, 0.05) is 25.4 Å². The monoisotopic (exact) mass is 248 g/mol. The maximum absolute atomic E-state index is 5.36. The fraction of sp³-hybridized carbons (Fsp3) is 0.909. The van der Waals surface area contributed by atoms with Gasteiger partial charge in [-0.2, -0.15) is 11.8 Å². The first-order valence-corrected chi connectivity index (χ1v) is 7.32. The lowest BCUT2D eigenvalue weighted by Crippen LogP contribution is -2.45. The molecule has 0 saturated heterocycles. The molecule has 0 aliphatic heterocycles. The lowest BCUT2D eigenvalue weighted by molar-refractivity contribution is 0.378. The van der Waals surface area contributed by atoms with Gasteiger partial charge in [-0.25, -0.2) is 0 Å². The average molecular weight is 248 g/mol. The van der Waals surface area contributed by atoms with Crippen LogP contribution >= 0.6 is 24.0 Å². The Morgan fingerprint density at radius 3 is 2.47 bits per heavy atom. The van der Waals surface area contributed by atoms with E-state index in [1.54, 1.807) is 0 Å². The molecule has 0 fully saturated rings. The Hall–Kier alpha value is 0.0400. The third-order valence-corrected chi connectivity index (χ3v) is 3.51. The lowest BCUT2D eigenvalue weighted by atomic mass is 10.2. The van der Waals surface area contributed by atoms with Crippen LogP contribution in [-0.2, 0) is 0 Å². The van der Waals surface area contributed by atoms with Crippen LogP contribution in [0.25, 0.3) is 0 Å². The summed E-state index contributed by atoms with van der Waals surface area (Å²) >= 11 is 7.23. The Kier molecular flexibility index (Phi) is 8.24.